The zero-order valence-corrected chi connectivity index (χ0v) is 17.0. The Morgan fingerprint density at radius 1 is 1.00 bits per heavy atom. The number of aliphatic carboxylic acids is 1. The third kappa shape index (κ3) is 5.37. The lowest BCUT2D eigenvalue weighted by Crippen LogP contribution is -2.52. The van der Waals surface area contributed by atoms with Crippen LogP contribution in [0.5, 0.6) is 0 Å². The normalized spacial score (nSPS) is 14.6. The molecule has 0 aromatic heterocycles. The molecule has 7 nitrogen and oxygen atoms in total. The van der Waals surface area contributed by atoms with Gasteiger partial charge in [-0.3, -0.25) is 9.59 Å². The molecular weight excluding hydrogens is 429 g/mol. The average molecular weight is 450 g/mol. The van der Waals surface area contributed by atoms with Crippen molar-refractivity contribution in [2.75, 3.05) is 6.61 Å². The maximum atomic E-state index is 12.9. The summed E-state index contributed by atoms with van der Waals surface area (Å²) >= 11 is 0. The molecule has 0 saturated heterocycles. The van der Waals surface area contributed by atoms with Crippen molar-refractivity contribution in [3.63, 3.8) is 0 Å². The number of nitrogens with one attached hydrogen (secondary N) is 2. The Morgan fingerprint density at radius 2 is 1.53 bits per heavy atom. The molecule has 0 saturated carbocycles. The van der Waals surface area contributed by atoms with Crippen LogP contribution in [0.25, 0.3) is 11.1 Å². The second-order valence-electron chi connectivity index (χ2n) is 7.41. The van der Waals surface area contributed by atoms with Crippen LogP contribution in [-0.2, 0) is 14.3 Å². The number of carbonyl (C=O) groups excluding carboxylic acids is 2. The number of carbonyl (C=O) groups is 3. The zero-order chi connectivity index (χ0) is 23.5. The number of carboxylic acids is 1. The lowest BCUT2D eigenvalue weighted by molar-refractivity contribution is -0.150. The topological polar surface area (TPSA) is 105 Å². The first-order valence-corrected chi connectivity index (χ1v) is 9.78. The number of rotatable bonds is 7. The van der Waals surface area contributed by atoms with Crippen LogP contribution in [0, 0.1) is 0 Å². The largest absolute Gasteiger partial charge is 0.480 e. The highest BCUT2D eigenvalue weighted by molar-refractivity contribution is 5.89. The van der Waals surface area contributed by atoms with Crippen LogP contribution in [0.4, 0.5) is 18.0 Å². The number of fused-ring (bicyclic) bond motifs is 3. The van der Waals surface area contributed by atoms with E-state index in [0.29, 0.717) is 0 Å². The molecule has 0 radical (unpaired) electrons. The molecule has 1 unspecified atom stereocenters. The summed E-state index contributed by atoms with van der Waals surface area (Å²) in [5.74, 6) is -3.01. The Morgan fingerprint density at radius 3 is 2.03 bits per heavy atom. The van der Waals surface area contributed by atoms with Crippen LogP contribution in [0.3, 0.4) is 0 Å². The van der Waals surface area contributed by atoms with Crippen molar-refractivity contribution in [1.82, 2.24) is 10.6 Å². The lowest BCUT2D eigenvalue weighted by Gasteiger charge is -2.21. The van der Waals surface area contributed by atoms with Crippen LogP contribution in [0.2, 0.25) is 0 Å². The molecule has 170 valence electrons. The van der Waals surface area contributed by atoms with Crippen molar-refractivity contribution >= 4 is 18.0 Å². The van der Waals surface area contributed by atoms with Gasteiger partial charge in [0.25, 0.3) is 0 Å². The molecule has 0 bridgehead atoms. The summed E-state index contributed by atoms with van der Waals surface area (Å²) in [6.45, 7) is 0.948. The molecule has 0 spiro atoms. The fraction of sp³-hybridized carbons (Fsp3) is 0.318. The van der Waals surface area contributed by atoms with Gasteiger partial charge in [-0.25, -0.2) is 4.79 Å². The summed E-state index contributed by atoms with van der Waals surface area (Å²) in [6, 6.07) is 11.6. The molecular formula is C22H21F3N2O5. The Kier molecular flexibility index (Phi) is 6.71. The van der Waals surface area contributed by atoms with E-state index in [0.717, 1.165) is 29.2 Å². The summed E-state index contributed by atoms with van der Waals surface area (Å²) in [5.41, 5.74) is 3.80. The quantitative estimate of drug-likeness (QED) is 0.600. The van der Waals surface area contributed by atoms with E-state index in [-0.39, 0.29) is 12.5 Å². The number of alkyl halides is 3. The first-order chi connectivity index (χ1) is 15.1. The summed E-state index contributed by atoms with van der Waals surface area (Å²) in [4.78, 5) is 35.2. The minimum absolute atomic E-state index is 0.147. The van der Waals surface area contributed by atoms with E-state index < -0.39 is 42.7 Å². The molecule has 2 aromatic carbocycles. The number of benzene rings is 2. The third-order valence-corrected chi connectivity index (χ3v) is 5.12. The third-order valence-electron chi connectivity index (χ3n) is 5.12. The summed E-state index contributed by atoms with van der Waals surface area (Å²) in [7, 11) is 0. The van der Waals surface area contributed by atoms with Gasteiger partial charge in [-0.1, -0.05) is 48.5 Å². The summed E-state index contributed by atoms with van der Waals surface area (Å²) < 4.78 is 43.8. The highest BCUT2D eigenvalue weighted by Crippen LogP contribution is 2.44. The van der Waals surface area contributed by atoms with E-state index in [4.69, 9.17) is 9.84 Å². The molecule has 1 aliphatic carbocycles. The minimum Gasteiger partial charge on any atom is -0.480 e. The molecule has 2 atom stereocenters. The van der Waals surface area contributed by atoms with Gasteiger partial charge in [-0.15, -0.1) is 0 Å². The van der Waals surface area contributed by atoms with E-state index in [9.17, 15) is 27.6 Å². The molecule has 0 heterocycles. The Hall–Kier alpha value is -3.56. The molecule has 2 amide bonds. The molecule has 32 heavy (non-hydrogen) atoms. The fourth-order valence-corrected chi connectivity index (χ4v) is 3.60. The van der Waals surface area contributed by atoms with E-state index >= 15 is 0 Å². The number of ether oxygens (including phenoxy) is 1. The molecule has 3 N–H and O–H groups in total. The monoisotopic (exact) mass is 450 g/mol. The average Bonchev–Trinajstić information content (AvgIpc) is 3.04. The van der Waals surface area contributed by atoms with Gasteiger partial charge in [-0.2, -0.15) is 13.2 Å². The zero-order valence-electron chi connectivity index (χ0n) is 17.0. The first kappa shape index (κ1) is 23.1. The number of halogens is 3. The van der Waals surface area contributed by atoms with Gasteiger partial charge in [0.1, 0.15) is 18.7 Å². The lowest BCUT2D eigenvalue weighted by atomic mass is 9.98. The molecule has 2 aromatic rings. The fourth-order valence-electron chi connectivity index (χ4n) is 3.60. The van der Waals surface area contributed by atoms with Crippen molar-refractivity contribution in [3.05, 3.63) is 59.7 Å². The maximum absolute atomic E-state index is 12.9. The van der Waals surface area contributed by atoms with Gasteiger partial charge in [-0.05, 0) is 29.2 Å². The van der Waals surface area contributed by atoms with Crippen LogP contribution in [-0.4, -0.2) is 47.9 Å². The first-order valence-electron chi connectivity index (χ1n) is 9.78. The highest BCUT2D eigenvalue weighted by atomic mass is 19.4. The van der Waals surface area contributed by atoms with Gasteiger partial charge in [0.05, 0.1) is 6.42 Å². The van der Waals surface area contributed by atoms with Crippen LogP contribution in [0.1, 0.15) is 30.4 Å². The Bertz CT molecular complexity index is 979. The van der Waals surface area contributed by atoms with Crippen LogP contribution in [0.15, 0.2) is 48.5 Å². The molecule has 0 fully saturated rings. The van der Waals surface area contributed by atoms with Crippen molar-refractivity contribution in [2.24, 2.45) is 0 Å². The molecule has 0 aliphatic heterocycles. The van der Waals surface area contributed by atoms with Crippen molar-refractivity contribution in [3.8, 4) is 11.1 Å². The summed E-state index contributed by atoms with van der Waals surface area (Å²) in [5, 5.41) is 12.7. The number of alkyl carbamates (subject to hydrolysis) is 1. The van der Waals surface area contributed by atoms with Gasteiger partial charge < -0.3 is 20.5 Å². The maximum Gasteiger partial charge on any atom is 0.407 e. The number of hydrogen-bond donors (Lipinski definition) is 3. The second-order valence-corrected chi connectivity index (χ2v) is 7.41. The molecule has 1 aliphatic rings. The molecule has 3 rings (SSSR count). The smallest absolute Gasteiger partial charge is 0.407 e. The van der Waals surface area contributed by atoms with Gasteiger partial charge >= 0.3 is 18.2 Å². The highest BCUT2D eigenvalue weighted by Gasteiger charge is 2.37. The summed E-state index contributed by atoms with van der Waals surface area (Å²) in [6.07, 6.45) is -7.65. The van der Waals surface area contributed by atoms with E-state index in [1.807, 2.05) is 59.2 Å². The van der Waals surface area contributed by atoms with Gasteiger partial charge in [0, 0.05) is 5.92 Å². The number of amides is 2. The predicted octanol–water partition coefficient (Wildman–Crippen LogP) is 3.44. The van der Waals surface area contributed by atoms with Crippen molar-refractivity contribution in [1.29, 1.82) is 0 Å². The standard InChI is InChI=1S/C22H21F3N2O5/c1-12(20(29)30)26-19(28)18(10-22(23,24)25)27-21(31)32-11-17-15-8-4-2-6-13(15)14-7-3-5-9-16(14)17/h2-9,12,17-18H,10-11H2,1H3,(H,26,28)(H,27,31)(H,29,30)/t12-,18?/m1/s1. The second kappa shape index (κ2) is 9.29. The number of carboxylic acid groups (broad SMARTS) is 1. The van der Waals surface area contributed by atoms with Crippen LogP contribution < -0.4 is 10.6 Å². The van der Waals surface area contributed by atoms with Crippen molar-refractivity contribution in [2.45, 2.75) is 37.5 Å². The predicted molar refractivity (Wildman–Crippen MR) is 108 cm³/mol. The number of hydrogen-bond acceptors (Lipinski definition) is 4. The van der Waals surface area contributed by atoms with E-state index in [1.54, 1.807) is 0 Å². The molecule has 10 heteroatoms. The Labute approximate surface area is 181 Å². The minimum atomic E-state index is -4.77. The van der Waals surface area contributed by atoms with Crippen molar-refractivity contribution < 1.29 is 37.4 Å². The van der Waals surface area contributed by atoms with Gasteiger partial charge in [0.15, 0.2) is 0 Å². The Balaban J connectivity index is 1.69. The van der Waals surface area contributed by atoms with Gasteiger partial charge in [0.2, 0.25) is 5.91 Å². The van der Waals surface area contributed by atoms with E-state index in [1.165, 1.54) is 0 Å². The van der Waals surface area contributed by atoms with Crippen LogP contribution >= 0.6 is 0 Å². The van der Waals surface area contributed by atoms with E-state index in [2.05, 4.69) is 0 Å². The SMILES string of the molecule is C[C@@H](NC(=O)C(CC(F)(F)F)NC(=O)OCC1c2ccccc2-c2ccccc21)C(=O)O.